The smallest absolute Gasteiger partial charge is 0.143 e. The number of fused-ring (bicyclic) bond motifs is 1. The van der Waals surface area contributed by atoms with Crippen molar-refractivity contribution >= 4 is 29.1 Å². The Morgan fingerprint density at radius 3 is 3.08 bits per heavy atom. The van der Waals surface area contributed by atoms with Gasteiger partial charge in [-0.25, -0.2) is 4.39 Å². The second-order valence-electron chi connectivity index (χ2n) is 2.67. The number of hydrogen-bond donors (Lipinski definition) is 1. The van der Waals surface area contributed by atoms with E-state index in [0.29, 0.717) is 5.37 Å². The highest BCUT2D eigenvalue weighted by Crippen LogP contribution is 2.40. The van der Waals surface area contributed by atoms with E-state index in [4.69, 9.17) is 11.6 Å². The maximum atomic E-state index is 12.9. The molecule has 0 radical (unpaired) electrons. The molecule has 12 heavy (non-hydrogen) atoms. The fourth-order valence-electron chi connectivity index (χ4n) is 1.18. The molecule has 2 rings (SSSR count). The molecule has 0 saturated carbocycles. The van der Waals surface area contributed by atoms with Crippen molar-refractivity contribution in [2.24, 2.45) is 0 Å². The molecule has 1 aromatic rings. The number of halogens is 2. The van der Waals surface area contributed by atoms with Gasteiger partial charge in [-0.2, -0.15) is 0 Å². The number of anilines is 1. The summed E-state index contributed by atoms with van der Waals surface area (Å²) in [6.07, 6.45) is 0. The molecule has 0 spiro atoms. The molecule has 64 valence electrons. The zero-order chi connectivity index (χ0) is 8.72. The minimum Gasteiger partial charge on any atom is -0.372 e. The summed E-state index contributed by atoms with van der Waals surface area (Å²) in [6, 6.07) is 3.10. The zero-order valence-corrected chi connectivity index (χ0v) is 7.97. The third kappa shape index (κ3) is 1.27. The van der Waals surface area contributed by atoms with Crippen LogP contribution in [0.3, 0.4) is 0 Å². The van der Waals surface area contributed by atoms with Crippen LogP contribution in [0.2, 0.25) is 5.02 Å². The summed E-state index contributed by atoms with van der Waals surface area (Å²) >= 11 is 7.22. The fourth-order valence-corrected chi connectivity index (χ4v) is 2.32. The van der Waals surface area contributed by atoms with Gasteiger partial charge in [0.15, 0.2) is 0 Å². The first-order valence-corrected chi connectivity index (χ1v) is 4.85. The molecule has 0 aromatic heterocycles. The second-order valence-corrected chi connectivity index (χ2v) is 4.46. The highest BCUT2D eigenvalue weighted by Gasteiger charge is 2.19. The van der Waals surface area contributed by atoms with Crippen LogP contribution in [-0.2, 0) is 0 Å². The molecule has 0 bridgehead atoms. The van der Waals surface area contributed by atoms with Crippen LogP contribution in [-0.4, -0.2) is 5.37 Å². The average Bonchev–Trinajstić information content (AvgIpc) is 2.30. The van der Waals surface area contributed by atoms with Gasteiger partial charge in [0.1, 0.15) is 5.82 Å². The third-order valence-electron chi connectivity index (χ3n) is 1.69. The van der Waals surface area contributed by atoms with Gasteiger partial charge in [-0.15, -0.1) is 0 Å². The van der Waals surface area contributed by atoms with E-state index in [-0.39, 0.29) is 10.8 Å². The van der Waals surface area contributed by atoms with Gasteiger partial charge in [0.2, 0.25) is 0 Å². The van der Waals surface area contributed by atoms with Gasteiger partial charge < -0.3 is 5.32 Å². The van der Waals surface area contributed by atoms with E-state index in [9.17, 15) is 4.39 Å². The van der Waals surface area contributed by atoms with Crippen LogP contribution in [0.5, 0.6) is 0 Å². The van der Waals surface area contributed by atoms with Crippen LogP contribution in [0.4, 0.5) is 10.1 Å². The van der Waals surface area contributed by atoms with Crippen LogP contribution in [0.25, 0.3) is 0 Å². The minimum atomic E-state index is -0.348. The quantitative estimate of drug-likeness (QED) is 0.694. The number of thioether (sulfide) groups is 1. The van der Waals surface area contributed by atoms with Crippen molar-refractivity contribution in [3.8, 4) is 0 Å². The van der Waals surface area contributed by atoms with E-state index >= 15 is 0 Å². The number of nitrogens with one attached hydrogen (secondary N) is 1. The van der Waals surface area contributed by atoms with Gasteiger partial charge in [0.25, 0.3) is 0 Å². The van der Waals surface area contributed by atoms with Crippen LogP contribution >= 0.6 is 23.4 Å². The Morgan fingerprint density at radius 2 is 2.33 bits per heavy atom. The lowest BCUT2D eigenvalue weighted by Gasteiger charge is -2.00. The van der Waals surface area contributed by atoms with Crippen molar-refractivity contribution < 1.29 is 4.39 Å². The van der Waals surface area contributed by atoms with E-state index in [0.717, 1.165) is 10.6 Å². The molecular formula is C8H7ClFNS. The second kappa shape index (κ2) is 2.82. The third-order valence-corrected chi connectivity index (χ3v) is 3.04. The topological polar surface area (TPSA) is 12.0 Å². The predicted octanol–water partition coefficient (Wildman–Crippen LogP) is 3.34. The van der Waals surface area contributed by atoms with Crippen molar-refractivity contribution in [2.45, 2.75) is 17.2 Å². The van der Waals surface area contributed by atoms with E-state index in [1.54, 1.807) is 17.8 Å². The monoisotopic (exact) mass is 203 g/mol. The highest BCUT2D eigenvalue weighted by molar-refractivity contribution is 8.00. The lowest BCUT2D eigenvalue weighted by Crippen LogP contribution is -2.02. The molecule has 0 aliphatic carbocycles. The molecule has 1 aromatic carbocycles. The normalized spacial score (nSPS) is 20.4. The SMILES string of the molecule is CC1Nc2cc(Cl)c(F)cc2S1. The summed E-state index contributed by atoms with van der Waals surface area (Å²) in [4.78, 5) is 0.935. The van der Waals surface area contributed by atoms with E-state index in [1.807, 2.05) is 6.92 Å². The highest BCUT2D eigenvalue weighted by atomic mass is 35.5. The summed E-state index contributed by atoms with van der Waals surface area (Å²) in [5, 5.41) is 3.66. The van der Waals surface area contributed by atoms with Gasteiger partial charge in [0.05, 0.1) is 16.1 Å². The molecular weight excluding hydrogens is 197 g/mol. The van der Waals surface area contributed by atoms with Crippen molar-refractivity contribution in [3.05, 3.63) is 23.0 Å². The van der Waals surface area contributed by atoms with Gasteiger partial charge in [-0.3, -0.25) is 0 Å². The lowest BCUT2D eigenvalue weighted by atomic mass is 10.3. The standard InChI is InChI=1S/C8H7ClFNS/c1-4-11-7-2-5(9)6(10)3-8(7)12-4/h2-4,11H,1H3. The summed E-state index contributed by atoms with van der Waals surface area (Å²) < 4.78 is 12.9. The Morgan fingerprint density at radius 1 is 1.58 bits per heavy atom. The Kier molecular flexibility index (Phi) is 1.93. The number of hydrogen-bond acceptors (Lipinski definition) is 2. The van der Waals surface area contributed by atoms with E-state index < -0.39 is 0 Å². The molecule has 1 N–H and O–H groups in total. The Hall–Kier alpha value is -0.410. The largest absolute Gasteiger partial charge is 0.372 e. The molecule has 0 fully saturated rings. The van der Waals surface area contributed by atoms with Gasteiger partial charge in [-0.05, 0) is 19.1 Å². The fraction of sp³-hybridized carbons (Fsp3) is 0.250. The van der Waals surface area contributed by atoms with Crippen LogP contribution in [0.15, 0.2) is 17.0 Å². The Labute approximate surface area is 79.3 Å². The first kappa shape index (κ1) is 8.20. The van der Waals surface area contributed by atoms with Gasteiger partial charge >= 0.3 is 0 Å². The minimum absolute atomic E-state index is 0.177. The van der Waals surface area contributed by atoms with Crippen LogP contribution in [0, 0.1) is 5.82 Å². The lowest BCUT2D eigenvalue weighted by molar-refractivity contribution is 0.625. The molecule has 1 nitrogen and oxygen atoms in total. The molecule has 1 unspecified atom stereocenters. The molecule has 0 amide bonds. The van der Waals surface area contributed by atoms with E-state index in [2.05, 4.69) is 5.32 Å². The van der Waals surface area contributed by atoms with Crippen molar-refractivity contribution in [1.29, 1.82) is 0 Å². The van der Waals surface area contributed by atoms with Crippen molar-refractivity contribution in [2.75, 3.05) is 5.32 Å². The summed E-state index contributed by atoms with van der Waals surface area (Å²) in [7, 11) is 0. The summed E-state index contributed by atoms with van der Waals surface area (Å²) in [6.45, 7) is 2.02. The first-order chi connectivity index (χ1) is 5.66. The van der Waals surface area contributed by atoms with Crippen molar-refractivity contribution in [1.82, 2.24) is 0 Å². The summed E-state index contributed by atoms with van der Waals surface area (Å²) in [5.41, 5.74) is 0.930. The number of benzene rings is 1. The van der Waals surface area contributed by atoms with E-state index in [1.165, 1.54) is 6.07 Å². The molecule has 1 heterocycles. The van der Waals surface area contributed by atoms with Crippen LogP contribution < -0.4 is 5.32 Å². The van der Waals surface area contributed by atoms with Gasteiger partial charge in [0, 0.05) is 4.90 Å². The van der Waals surface area contributed by atoms with Crippen LogP contribution in [0.1, 0.15) is 6.92 Å². The Balaban J connectivity index is 2.48. The predicted molar refractivity (Wildman–Crippen MR) is 50.4 cm³/mol. The van der Waals surface area contributed by atoms with Crippen molar-refractivity contribution in [3.63, 3.8) is 0 Å². The summed E-state index contributed by atoms with van der Waals surface area (Å²) in [5.74, 6) is -0.348. The Bertz CT molecular complexity index is 298. The maximum Gasteiger partial charge on any atom is 0.143 e. The molecule has 4 heteroatoms. The molecule has 0 saturated heterocycles. The number of rotatable bonds is 0. The first-order valence-electron chi connectivity index (χ1n) is 3.59. The molecule has 1 aliphatic heterocycles. The average molecular weight is 204 g/mol. The molecule has 1 aliphatic rings. The zero-order valence-electron chi connectivity index (χ0n) is 6.40. The van der Waals surface area contributed by atoms with Gasteiger partial charge in [-0.1, -0.05) is 23.4 Å². The maximum absolute atomic E-state index is 12.9. The molecule has 1 atom stereocenters.